The average molecular weight is 309 g/mol. The maximum atomic E-state index is 11.3. The van der Waals surface area contributed by atoms with Gasteiger partial charge in [0.05, 0.1) is 12.9 Å². The summed E-state index contributed by atoms with van der Waals surface area (Å²) in [6, 6.07) is 9.93. The van der Waals surface area contributed by atoms with Crippen LogP contribution < -0.4 is 0 Å². The molecule has 1 aromatic carbocycles. The molecule has 0 aliphatic heterocycles. The average Bonchev–Trinajstić information content (AvgIpc) is 2.43. The predicted octanol–water partition coefficient (Wildman–Crippen LogP) is 1.92. The highest BCUT2D eigenvalue weighted by atomic mass is 32.2. The van der Waals surface area contributed by atoms with E-state index in [1.165, 1.54) is 0 Å². The lowest BCUT2D eigenvalue weighted by Crippen LogP contribution is -2.50. The highest BCUT2D eigenvalue weighted by Crippen LogP contribution is 2.21. The zero-order chi connectivity index (χ0) is 15.9. The molecule has 0 heterocycles. The van der Waals surface area contributed by atoms with Gasteiger partial charge in [0.1, 0.15) is 0 Å². The summed E-state index contributed by atoms with van der Waals surface area (Å²) in [4.78, 5) is 2.06. The smallest absolute Gasteiger partial charge is 0.264 e. The summed E-state index contributed by atoms with van der Waals surface area (Å²) < 4.78 is 27.6. The molecule has 0 amide bonds. The van der Waals surface area contributed by atoms with E-state index in [1.54, 1.807) is 0 Å². The molecule has 4 nitrogen and oxygen atoms in total. The van der Waals surface area contributed by atoms with Crippen LogP contribution in [-0.2, 0) is 20.7 Å². The van der Waals surface area contributed by atoms with Gasteiger partial charge in [-0.15, -0.1) is 12.3 Å². The van der Waals surface area contributed by atoms with Crippen molar-refractivity contribution in [2.24, 2.45) is 0 Å². The molecule has 0 saturated carbocycles. The Kier molecular flexibility index (Phi) is 6.41. The van der Waals surface area contributed by atoms with Gasteiger partial charge in [-0.1, -0.05) is 30.3 Å². The molecule has 0 aliphatic carbocycles. The summed E-state index contributed by atoms with van der Waals surface area (Å²) in [6.07, 6.45) is 7.67. The third kappa shape index (κ3) is 6.30. The van der Waals surface area contributed by atoms with Gasteiger partial charge in [0.2, 0.25) is 0 Å². The predicted molar refractivity (Wildman–Crippen MR) is 85.4 cm³/mol. The lowest BCUT2D eigenvalue weighted by molar-refractivity contribution is 0.0804. The molecule has 0 N–H and O–H groups in total. The van der Waals surface area contributed by atoms with Crippen LogP contribution >= 0.6 is 0 Å². The molecule has 0 spiro atoms. The van der Waals surface area contributed by atoms with E-state index in [2.05, 4.69) is 10.8 Å². The van der Waals surface area contributed by atoms with Crippen molar-refractivity contribution in [3.8, 4) is 12.3 Å². The van der Waals surface area contributed by atoms with E-state index < -0.39 is 15.7 Å². The van der Waals surface area contributed by atoms with Crippen molar-refractivity contribution in [2.45, 2.75) is 25.3 Å². The van der Waals surface area contributed by atoms with E-state index >= 15 is 0 Å². The molecule has 5 heteroatoms. The fourth-order valence-electron chi connectivity index (χ4n) is 2.07. The van der Waals surface area contributed by atoms with Crippen LogP contribution in [0.15, 0.2) is 30.3 Å². The zero-order valence-corrected chi connectivity index (χ0v) is 13.7. The van der Waals surface area contributed by atoms with Crippen molar-refractivity contribution in [2.75, 3.05) is 26.5 Å². The van der Waals surface area contributed by atoms with E-state index in [9.17, 15) is 8.42 Å². The first kappa shape index (κ1) is 17.7. The minimum absolute atomic E-state index is 0.0990. The maximum Gasteiger partial charge on any atom is 0.264 e. The number of terminal acetylenes is 1. The summed E-state index contributed by atoms with van der Waals surface area (Å²) in [5, 5.41) is 0. The Morgan fingerprint density at radius 2 is 1.95 bits per heavy atom. The van der Waals surface area contributed by atoms with E-state index in [0.717, 1.165) is 11.8 Å². The van der Waals surface area contributed by atoms with Crippen molar-refractivity contribution in [3.63, 3.8) is 0 Å². The fraction of sp³-hybridized carbons (Fsp3) is 0.500. The SMILES string of the molecule is C#CCCN(C)[C@@](C)(COS(C)(=O)=O)Cc1ccccc1. The van der Waals surface area contributed by atoms with Gasteiger partial charge in [0.15, 0.2) is 0 Å². The standard InChI is InChI=1S/C16H23NO3S/c1-5-6-12-17(3)16(2,14-20-21(4,18)19)13-15-10-8-7-9-11-15/h1,7-11H,6,12-14H2,2-4H3/t16-/m1/s1. The van der Waals surface area contributed by atoms with Crippen LogP contribution in [-0.4, -0.2) is 45.3 Å². The molecule has 0 aliphatic rings. The third-order valence-electron chi connectivity index (χ3n) is 3.52. The van der Waals surface area contributed by atoms with Gasteiger partial charge >= 0.3 is 0 Å². The Bertz CT molecular complexity index is 577. The lowest BCUT2D eigenvalue weighted by atomic mass is 9.92. The second-order valence-corrected chi connectivity index (χ2v) is 7.15. The van der Waals surface area contributed by atoms with Crippen LogP contribution in [0, 0.1) is 12.3 Å². The number of benzene rings is 1. The van der Waals surface area contributed by atoms with Crippen LogP contribution in [0.4, 0.5) is 0 Å². The second kappa shape index (κ2) is 7.60. The van der Waals surface area contributed by atoms with Gasteiger partial charge in [-0.2, -0.15) is 8.42 Å². The van der Waals surface area contributed by atoms with Crippen molar-refractivity contribution in [1.29, 1.82) is 0 Å². The molecule has 116 valence electrons. The highest BCUT2D eigenvalue weighted by molar-refractivity contribution is 7.85. The van der Waals surface area contributed by atoms with Gasteiger partial charge in [-0.3, -0.25) is 9.08 Å². The molecule has 0 saturated heterocycles. The molecule has 0 aromatic heterocycles. The molecule has 0 fully saturated rings. The van der Waals surface area contributed by atoms with E-state index in [4.69, 9.17) is 10.6 Å². The number of likely N-dealkylation sites (N-methyl/N-ethyl adjacent to an activating group) is 1. The Balaban J connectivity index is 2.89. The molecular formula is C16H23NO3S. The molecule has 0 unspecified atom stereocenters. The Hall–Kier alpha value is -1.35. The van der Waals surface area contributed by atoms with Gasteiger partial charge in [0, 0.05) is 18.5 Å². The van der Waals surface area contributed by atoms with Gasteiger partial charge in [0.25, 0.3) is 10.1 Å². The maximum absolute atomic E-state index is 11.3. The summed E-state index contributed by atoms with van der Waals surface area (Å²) in [5.74, 6) is 2.61. The van der Waals surface area contributed by atoms with E-state index in [-0.39, 0.29) is 6.61 Å². The van der Waals surface area contributed by atoms with Gasteiger partial charge in [-0.05, 0) is 26.0 Å². The first-order valence-electron chi connectivity index (χ1n) is 6.80. The second-order valence-electron chi connectivity index (χ2n) is 5.50. The minimum atomic E-state index is -3.47. The first-order chi connectivity index (χ1) is 9.77. The summed E-state index contributed by atoms with van der Waals surface area (Å²) in [7, 11) is -1.53. The van der Waals surface area contributed by atoms with Crippen molar-refractivity contribution in [3.05, 3.63) is 35.9 Å². The Morgan fingerprint density at radius 3 is 2.48 bits per heavy atom. The van der Waals surface area contributed by atoms with E-state index in [1.807, 2.05) is 44.3 Å². The molecule has 21 heavy (non-hydrogen) atoms. The molecule has 0 radical (unpaired) electrons. The quantitative estimate of drug-likeness (QED) is 0.544. The third-order valence-corrected chi connectivity index (χ3v) is 4.07. The zero-order valence-electron chi connectivity index (χ0n) is 12.9. The molecular weight excluding hydrogens is 286 g/mol. The minimum Gasteiger partial charge on any atom is -0.297 e. The summed E-state index contributed by atoms with van der Waals surface area (Å²) in [5.41, 5.74) is 0.686. The normalized spacial score (nSPS) is 14.6. The molecule has 1 aromatic rings. The number of nitrogens with zero attached hydrogens (tertiary/aromatic N) is 1. The molecule has 1 rings (SSSR count). The van der Waals surface area contributed by atoms with Crippen LogP contribution in [0.1, 0.15) is 18.9 Å². The summed E-state index contributed by atoms with van der Waals surface area (Å²) >= 11 is 0. The number of hydrogen-bond donors (Lipinski definition) is 0. The Morgan fingerprint density at radius 1 is 1.33 bits per heavy atom. The van der Waals surface area contributed by atoms with Crippen LogP contribution in [0.5, 0.6) is 0 Å². The number of hydrogen-bond acceptors (Lipinski definition) is 4. The fourth-order valence-corrected chi connectivity index (χ4v) is 2.54. The largest absolute Gasteiger partial charge is 0.297 e. The molecule has 1 atom stereocenters. The summed E-state index contributed by atoms with van der Waals surface area (Å²) in [6.45, 7) is 2.77. The van der Waals surface area contributed by atoms with Crippen molar-refractivity contribution < 1.29 is 12.6 Å². The monoisotopic (exact) mass is 309 g/mol. The van der Waals surface area contributed by atoms with Crippen LogP contribution in [0.25, 0.3) is 0 Å². The van der Waals surface area contributed by atoms with Gasteiger partial charge in [-0.25, -0.2) is 0 Å². The Labute approximate surface area is 128 Å². The van der Waals surface area contributed by atoms with Gasteiger partial charge < -0.3 is 0 Å². The van der Waals surface area contributed by atoms with Crippen molar-refractivity contribution >= 4 is 10.1 Å². The van der Waals surface area contributed by atoms with E-state index in [0.29, 0.717) is 19.4 Å². The van der Waals surface area contributed by atoms with Crippen LogP contribution in [0.3, 0.4) is 0 Å². The number of rotatable bonds is 8. The van der Waals surface area contributed by atoms with Crippen LogP contribution in [0.2, 0.25) is 0 Å². The van der Waals surface area contributed by atoms with Crippen molar-refractivity contribution in [1.82, 2.24) is 4.90 Å². The first-order valence-corrected chi connectivity index (χ1v) is 8.61. The molecule has 0 bridgehead atoms. The highest BCUT2D eigenvalue weighted by Gasteiger charge is 2.31. The topological polar surface area (TPSA) is 46.6 Å². The lowest BCUT2D eigenvalue weighted by Gasteiger charge is -2.38.